The maximum Gasteiger partial charge on any atom is 0.255 e. The van der Waals surface area contributed by atoms with Gasteiger partial charge in [-0.05, 0) is 30.3 Å². The van der Waals surface area contributed by atoms with E-state index in [0.717, 1.165) is 17.0 Å². The molecule has 1 aliphatic heterocycles. The maximum absolute atomic E-state index is 12.4. The van der Waals surface area contributed by atoms with Gasteiger partial charge >= 0.3 is 0 Å². The Labute approximate surface area is 157 Å². The Kier molecular flexibility index (Phi) is 4.92. The van der Waals surface area contributed by atoms with E-state index in [1.54, 1.807) is 6.07 Å². The first-order valence-corrected chi connectivity index (χ1v) is 8.87. The van der Waals surface area contributed by atoms with E-state index in [1.165, 1.54) is 0 Å². The third-order valence-electron chi connectivity index (χ3n) is 4.33. The Morgan fingerprint density at radius 3 is 2.33 bits per heavy atom. The van der Waals surface area contributed by atoms with Gasteiger partial charge in [0.05, 0.1) is 5.56 Å². The van der Waals surface area contributed by atoms with E-state index < -0.39 is 0 Å². The van der Waals surface area contributed by atoms with Gasteiger partial charge in [0.15, 0.2) is 0 Å². The van der Waals surface area contributed by atoms with Crippen LogP contribution in [0.5, 0.6) is 11.5 Å². The molecule has 5 nitrogen and oxygen atoms in total. The van der Waals surface area contributed by atoms with Crippen LogP contribution in [0.4, 0.5) is 5.69 Å². The van der Waals surface area contributed by atoms with Crippen LogP contribution < -0.4 is 20.1 Å². The van der Waals surface area contributed by atoms with E-state index in [9.17, 15) is 4.79 Å². The number of hydrogen-bond donors (Lipinski definition) is 2. The molecule has 0 radical (unpaired) electrons. The third kappa shape index (κ3) is 3.87. The van der Waals surface area contributed by atoms with E-state index in [2.05, 4.69) is 10.6 Å². The van der Waals surface area contributed by atoms with Crippen LogP contribution in [-0.2, 0) is 0 Å². The van der Waals surface area contributed by atoms with Crippen molar-refractivity contribution >= 4 is 11.6 Å². The standard InChI is InChI=1S/C22H20N2O3/c25-22-17-10-4-6-12-19(17)23-21(24-22)18-11-5-7-13-20(18)27-15-14-26-16-8-2-1-3-9-16/h1-13,21,23H,14-15H2,(H,24,25). The Hall–Kier alpha value is -3.47. The summed E-state index contributed by atoms with van der Waals surface area (Å²) in [5.41, 5.74) is 2.33. The lowest BCUT2D eigenvalue weighted by Crippen LogP contribution is -2.38. The second kappa shape index (κ2) is 7.83. The number of hydrogen-bond acceptors (Lipinski definition) is 4. The van der Waals surface area contributed by atoms with Crippen molar-refractivity contribution in [2.24, 2.45) is 0 Å². The molecule has 1 amide bonds. The average Bonchev–Trinajstić information content (AvgIpc) is 2.72. The minimum absolute atomic E-state index is 0.100. The number of rotatable bonds is 6. The van der Waals surface area contributed by atoms with Crippen molar-refractivity contribution in [2.45, 2.75) is 6.17 Å². The number of para-hydroxylation sites is 3. The molecule has 0 saturated carbocycles. The zero-order chi connectivity index (χ0) is 18.5. The van der Waals surface area contributed by atoms with E-state index >= 15 is 0 Å². The molecular weight excluding hydrogens is 340 g/mol. The normalized spacial score (nSPS) is 15.3. The highest BCUT2D eigenvalue weighted by atomic mass is 16.5. The molecule has 1 aliphatic rings. The van der Waals surface area contributed by atoms with Crippen LogP contribution in [0.25, 0.3) is 0 Å². The van der Waals surface area contributed by atoms with Crippen LogP contribution in [0.15, 0.2) is 78.9 Å². The first-order chi connectivity index (χ1) is 13.3. The first kappa shape index (κ1) is 17.0. The fraction of sp³-hybridized carbons (Fsp3) is 0.136. The molecule has 0 fully saturated rings. The highest BCUT2D eigenvalue weighted by Crippen LogP contribution is 2.31. The summed E-state index contributed by atoms with van der Waals surface area (Å²) in [6.07, 6.45) is -0.348. The van der Waals surface area contributed by atoms with E-state index in [0.29, 0.717) is 24.5 Å². The van der Waals surface area contributed by atoms with Crippen molar-refractivity contribution in [3.63, 3.8) is 0 Å². The Balaban J connectivity index is 1.43. The molecule has 0 bridgehead atoms. The second-order valence-corrected chi connectivity index (χ2v) is 6.14. The summed E-state index contributed by atoms with van der Waals surface area (Å²) >= 11 is 0. The van der Waals surface area contributed by atoms with Crippen molar-refractivity contribution in [3.8, 4) is 11.5 Å². The summed E-state index contributed by atoms with van der Waals surface area (Å²) in [6, 6.07) is 24.8. The largest absolute Gasteiger partial charge is 0.490 e. The smallest absolute Gasteiger partial charge is 0.255 e. The highest BCUT2D eigenvalue weighted by Gasteiger charge is 2.26. The molecule has 136 valence electrons. The van der Waals surface area contributed by atoms with Gasteiger partial charge < -0.3 is 20.1 Å². The number of fused-ring (bicyclic) bond motifs is 1. The number of benzene rings is 3. The van der Waals surface area contributed by atoms with Gasteiger partial charge in [-0.25, -0.2) is 0 Å². The number of ether oxygens (including phenoxy) is 2. The van der Waals surface area contributed by atoms with Crippen LogP contribution >= 0.6 is 0 Å². The summed E-state index contributed by atoms with van der Waals surface area (Å²) in [4.78, 5) is 12.4. The van der Waals surface area contributed by atoms with Gasteiger partial charge in [-0.3, -0.25) is 4.79 Å². The predicted octanol–water partition coefficient (Wildman–Crippen LogP) is 4.00. The second-order valence-electron chi connectivity index (χ2n) is 6.14. The van der Waals surface area contributed by atoms with Gasteiger partial charge in [-0.1, -0.05) is 48.5 Å². The summed E-state index contributed by atoms with van der Waals surface area (Å²) in [6.45, 7) is 0.842. The minimum atomic E-state index is -0.348. The zero-order valence-corrected chi connectivity index (χ0v) is 14.7. The van der Waals surface area contributed by atoms with Crippen LogP contribution in [0.2, 0.25) is 0 Å². The third-order valence-corrected chi connectivity index (χ3v) is 4.33. The molecule has 0 saturated heterocycles. The fourth-order valence-corrected chi connectivity index (χ4v) is 3.04. The topological polar surface area (TPSA) is 59.6 Å². The summed E-state index contributed by atoms with van der Waals surface area (Å²) in [5, 5.41) is 6.34. The maximum atomic E-state index is 12.4. The number of amides is 1. The number of nitrogens with one attached hydrogen (secondary N) is 2. The molecule has 5 heteroatoms. The van der Waals surface area contributed by atoms with Crippen molar-refractivity contribution in [3.05, 3.63) is 90.0 Å². The molecule has 0 spiro atoms. The molecule has 27 heavy (non-hydrogen) atoms. The monoisotopic (exact) mass is 360 g/mol. The van der Waals surface area contributed by atoms with Crippen LogP contribution in [-0.4, -0.2) is 19.1 Å². The van der Waals surface area contributed by atoms with Gasteiger partial charge in [0, 0.05) is 11.3 Å². The van der Waals surface area contributed by atoms with Crippen molar-refractivity contribution in [1.29, 1.82) is 0 Å². The molecule has 0 aliphatic carbocycles. The zero-order valence-electron chi connectivity index (χ0n) is 14.7. The lowest BCUT2D eigenvalue weighted by atomic mass is 10.1. The van der Waals surface area contributed by atoms with Crippen molar-refractivity contribution in [2.75, 3.05) is 18.5 Å². The number of carbonyl (C=O) groups is 1. The molecule has 2 N–H and O–H groups in total. The van der Waals surface area contributed by atoms with Gasteiger partial charge in [0.1, 0.15) is 30.9 Å². The number of anilines is 1. The molecule has 0 aromatic heterocycles. The summed E-state index contributed by atoms with van der Waals surface area (Å²) < 4.78 is 11.6. The summed E-state index contributed by atoms with van der Waals surface area (Å²) in [5.74, 6) is 1.43. The van der Waals surface area contributed by atoms with E-state index in [-0.39, 0.29) is 12.1 Å². The minimum Gasteiger partial charge on any atom is -0.490 e. The molecule has 1 atom stereocenters. The van der Waals surface area contributed by atoms with Gasteiger partial charge in [0.25, 0.3) is 5.91 Å². The molecule has 4 rings (SSSR count). The predicted molar refractivity (Wildman–Crippen MR) is 104 cm³/mol. The Morgan fingerprint density at radius 2 is 1.44 bits per heavy atom. The fourth-order valence-electron chi connectivity index (χ4n) is 3.04. The van der Waals surface area contributed by atoms with Crippen molar-refractivity contribution < 1.29 is 14.3 Å². The Morgan fingerprint density at radius 1 is 0.741 bits per heavy atom. The quantitative estimate of drug-likeness (QED) is 0.653. The van der Waals surface area contributed by atoms with Gasteiger partial charge in [-0.2, -0.15) is 0 Å². The van der Waals surface area contributed by atoms with Gasteiger partial charge in [0.2, 0.25) is 0 Å². The van der Waals surface area contributed by atoms with Crippen LogP contribution in [0.3, 0.4) is 0 Å². The lowest BCUT2D eigenvalue weighted by molar-refractivity contribution is 0.0935. The average molecular weight is 360 g/mol. The highest BCUT2D eigenvalue weighted by molar-refractivity contribution is 6.01. The van der Waals surface area contributed by atoms with E-state index in [1.807, 2.05) is 72.8 Å². The molecule has 1 unspecified atom stereocenters. The SMILES string of the molecule is O=C1NC(c2ccccc2OCCOc2ccccc2)Nc2ccccc21. The molecule has 1 heterocycles. The Bertz CT molecular complexity index is 928. The first-order valence-electron chi connectivity index (χ1n) is 8.87. The molecule has 3 aromatic rings. The van der Waals surface area contributed by atoms with Crippen LogP contribution in [0.1, 0.15) is 22.1 Å². The molecular formula is C22H20N2O3. The molecule has 3 aromatic carbocycles. The number of carbonyl (C=O) groups excluding carboxylic acids is 1. The van der Waals surface area contributed by atoms with Gasteiger partial charge in [-0.15, -0.1) is 0 Å². The van der Waals surface area contributed by atoms with Crippen LogP contribution in [0, 0.1) is 0 Å². The van der Waals surface area contributed by atoms with E-state index in [4.69, 9.17) is 9.47 Å². The summed E-state index contributed by atoms with van der Waals surface area (Å²) in [7, 11) is 0. The lowest BCUT2D eigenvalue weighted by Gasteiger charge is -2.29. The van der Waals surface area contributed by atoms with Crippen molar-refractivity contribution in [1.82, 2.24) is 5.32 Å².